The molecular formula is C32H39NO11. The highest BCUT2D eigenvalue weighted by atomic mass is 17.1. The van der Waals surface area contributed by atoms with Gasteiger partial charge in [-0.1, -0.05) is 43.7 Å². The number of nitrogens with zero attached hydrogens (tertiary/aromatic N) is 1. The third kappa shape index (κ3) is 5.39. The lowest BCUT2D eigenvalue weighted by atomic mass is 9.46. The van der Waals surface area contributed by atoms with Crippen LogP contribution in [0.3, 0.4) is 0 Å². The quantitative estimate of drug-likeness (QED) is 0.269. The summed E-state index contributed by atoms with van der Waals surface area (Å²) in [6, 6.07) is 6.17. The summed E-state index contributed by atoms with van der Waals surface area (Å²) in [4.78, 5) is 56.8. The van der Waals surface area contributed by atoms with Crippen LogP contribution >= 0.6 is 0 Å². The molecule has 4 aliphatic rings. The molecule has 1 aromatic carbocycles. The highest BCUT2D eigenvalue weighted by Crippen LogP contribution is 2.68. The normalized spacial score (nSPS) is 34.0. The van der Waals surface area contributed by atoms with Crippen LogP contribution in [0.2, 0.25) is 0 Å². The molecule has 0 amide bonds. The fraction of sp³-hybridized carbons (Fsp3) is 0.562. The molecule has 44 heavy (non-hydrogen) atoms. The molecule has 4 aliphatic carbocycles. The molecule has 0 heterocycles. The number of carbonyl (C=O) groups excluding carboxylic acids is 4. The van der Waals surface area contributed by atoms with E-state index < -0.39 is 52.4 Å². The van der Waals surface area contributed by atoms with E-state index in [4.69, 9.17) is 24.6 Å². The van der Waals surface area contributed by atoms with E-state index in [2.05, 4.69) is 4.84 Å². The number of fused-ring (bicyclic) bond motifs is 5. The third-order valence-corrected chi connectivity index (χ3v) is 10.5. The molecule has 0 bridgehead atoms. The van der Waals surface area contributed by atoms with Crippen LogP contribution in [0.4, 0.5) is 4.79 Å². The van der Waals surface area contributed by atoms with Gasteiger partial charge < -0.3 is 19.3 Å². The molecule has 0 aromatic heterocycles. The fourth-order valence-electron chi connectivity index (χ4n) is 8.58. The molecule has 3 fully saturated rings. The summed E-state index contributed by atoms with van der Waals surface area (Å²) in [6.45, 7) is 4.49. The largest absolute Gasteiger partial charge is 0.509 e. The zero-order chi connectivity index (χ0) is 31.9. The monoisotopic (exact) mass is 613 g/mol. The number of ketones is 2. The van der Waals surface area contributed by atoms with E-state index in [9.17, 15) is 24.3 Å². The number of aliphatic hydroxyl groups excluding tert-OH is 1. The number of Topliss-reactive ketones (excluding diaryl/α,β-unsaturated/α-hetero) is 1. The molecule has 0 spiro atoms. The van der Waals surface area contributed by atoms with Gasteiger partial charge in [0.1, 0.15) is 0 Å². The Hall–Kier alpha value is -3.42. The van der Waals surface area contributed by atoms with Crippen molar-refractivity contribution in [3.63, 3.8) is 0 Å². The summed E-state index contributed by atoms with van der Waals surface area (Å²) in [5, 5.41) is 29.1. The van der Waals surface area contributed by atoms with Gasteiger partial charge in [0.05, 0.1) is 30.3 Å². The molecule has 3 N–H and O–H groups in total. The van der Waals surface area contributed by atoms with Crippen LogP contribution in [0.15, 0.2) is 48.1 Å². The third-order valence-electron chi connectivity index (χ3n) is 10.5. The summed E-state index contributed by atoms with van der Waals surface area (Å²) in [5.74, 6) is -1.85. The number of hydrogen-bond acceptors (Lipinski definition) is 12. The molecule has 12 heteroatoms. The van der Waals surface area contributed by atoms with Gasteiger partial charge in [-0.2, -0.15) is 0 Å². The maximum Gasteiger partial charge on any atom is 0.509 e. The van der Waals surface area contributed by atoms with Crippen LogP contribution in [0.25, 0.3) is 0 Å². The van der Waals surface area contributed by atoms with E-state index in [1.54, 1.807) is 31.2 Å². The first-order chi connectivity index (χ1) is 20.9. The number of esters is 1. The second-order valence-corrected chi connectivity index (χ2v) is 12.5. The minimum absolute atomic E-state index is 0.0173. The Morgan fingerprint density at radius 3 is 2.57 bits per heavy atom. The predicted octanol–water partition coefficient (Wildman–Crippen LogP) is 4.12. The second-order valence-electron chi connectivity index (χ2n) is 12.5. The van der Waals surface area contributed by atoms with Gasteiger partial charge in [0.2, 0.25) is 5.78 Å². The van der Waals surface area contributed by atoms with Gasteiger partial charge in [-0.3, -0.25) is 20.0 Å². The van der Waals surface area contributed by atoms with Crippen molar-refractivity contribution in [1.82, 2.24) is 5.39 Å². The van der Waals surface area contributed by atoms with Crippen LogP contribution in [0.1, 0.15) is 68.8 Å². The highest BCUT2D eigenvalue weighted by molar-refractivity contribution is 6.01. The summed E-state index contributed by atoms with van der Waals surface area (Å²) in [5.41, 5.74) is -1.89. The van der Waals surface area contributed by atoms with Crippen molar-refractivity contribution < 1.29 is 53.7 Å². The molecule has 5 rings (SSSR count). The van der Waals surface area contributed by atoms with Crippen molar-refractivity contribution in [3.05, 3.63) is 59.2 Å². The van der Waals surface area contributed by atoms with Crippen molar-refractivity contribution in [2.45, 2.75) is 71.2 Å². The minimum atomic E-state index is -1.72. The Kier molecular flexibility index (Phi) is 8.85. The molecule has 0 aliphatic heterocycles. The van der Waals surface area contributed by atoms with Gasteiger partial charge in [0.15, 0.2) is 18.0 Å². The van der Waals surface area contributed by atoms with E-state index in [0.29, 0.717) is 19.3 Å². The molecule has 0 saturated heterocycles. The van der Waals surface area contributed by atoms with E-state index >= 15 is 0 Å². The van der Waals surface area contributed by atoms with E-state index in [-0.39, 0.29) is 60.7 Å². The summed E-state index contributed by atoms with van der Waals surface area (Å²) < 4.78 is 16.5. The van der Waals surface area contributed by atoms with Crippen molar-refractivity contribution in [2.75, 3.05) is 13.2 Å². The van der Waals surface area contributed by atoms with Crippen LogP contribution in [0.5, 0.6) is 0 Å². The first kappa shape index (κ1) is 32.0. The van der Waals surface area contributed by atoms with Crippen LogP contribution in [-0.2, 0) is 35.2 Å². The summed E-state index contributed by atoms with van der Waals surface area (Å²) in [6.07, 6.45) is 5.50. The molecule has 7 atom stereocenters. The van der Waals surface area contributed by atoms with Crippen molar-refractivity contribution >= 4 is 23.7 Å². The van der Waals surface area contributed by atoms with E-state index in [1.807, 2.05) is 19.9 Å². The molecule has 12 nitrogen and oxygen atoms in total. The zero-order valence-corrected chi connectivity index (χ0v) is 25.1. The topological polar surface area (TPSA) is 169 Å². The SMILES string of the molecule is CCOC(=O)O[C@]1(C(=O)COC(=O)c2ccccc2CON(O)O)CC[C@H]2[C@@H]3CCC4=CC(=O)C=C[C@]4(C)[C@H]3[C@@H](O)C[C@@]21C. The maximum atomic E-state index is 14.1. The number of ether oxygens (including phenoxy) is 3. The zero-order valence-electron chi connectivity index (χ0n) is 25.1. The van der Waals surface area contributed by atoms with E-state index in [0.717, 1.165) is 5.57 Å². The highest BCUT2D eigenvalue weighted by Gasteiger charge is 2.70. The Bertz CT molecular complexity index is 1390. The number of allylic oxidation sites excluding steroid dienone is 4. The Morgan fingerprint density at radius 1 is 1.09 bits per heavy atom. The Morgan fingerprint density at radius 2 is 1.84 bits per heavy atom. The second kappa shape index (κ2) is 12.2. The standard InChI is InChI=1S/C32H39NO11/c1-4-41-29(38)44-32(26(36)18-42-28(37)22-8-6-5-7-19(22)17-43-33(39)40)14-12-24-23-10-9-20-15-21(34)11-13-30(20,2)27(23)25(35)16-31(24,32)3/h5-8,11,13,15,23-25,27,35,39-40H,4,9-10,12,14,16-18H2,1-3H3/t23-,24-,25-,27+,30-,31-,32-/m0/s1. The van der Waals surface area contributed by atoms with Crippen molar-refractivity contribution in [2.24, 2.45) is 28.6 Å². The number of carbonyl (C=O) groups is 4. The average Bonchev–Trinajstić information content (AvgIpc) is 3.26. The van der Waals surface area contributed by atoms with Gasteiger partial charge in [-0.05, 0) is 74.6 Å². The first-order valence-electron chi connectivity index (χ1n) is 14.9. The average molecular weight is 614 g/mol. The van der Waals surface area contributed by atoms with Gasteiger partial charge in [-0.25, -0.2) is 14.4 Å². The molecular weight excluding hydrogens is 574 g/mol. The fourth-order valence-corrected chi connectivity index (χ4v) is 8.58. The van der Waals surface area contributed by atoms with Gasteiger partial charge in [-0.15, -0.1) is 0 Å². The first-order valence-corrected chi connectivity index (χ1v) is 14.9. The predicted molar refractivity (Wildman–Crippen MR) is 151 cm³/mol. The lowest BCUT2D eigenvalue weighted by Gasteiger charge is -2.59. The lowest BCUT2D eigenvalue weighted by molar-refractivity contribution is -0.497. The Balaban J connectivity index is 1.42. The lowest BCUT2D eigenvalue weighted by Crippen LogP contribution is -2.63. The van der Waals surface area contributed by atoms with Crippen LogP contribution in [0, 0.1) is 28.6 Å². The maximum absolute atomic E-state index is 14.1. The van der Waals surface area contributed by atoms with Gasteiger partial charge in [0.25, 0.3) is 0 Å². The smallest absolute Gasteiger partial charge is 0.454 e. The number of benzene rings is 1. The van der Waals surface area contributed by atoms with Gasteiger partial charge in [0, 0.05) is 16.7 Å². The molecule has 3 saturated carbocycles. The molecule has 0 unspecified atom stereocenters. The molecule has 0 radical (unpaired) electrons. The number of rotatable bonds is 9. The summed E-state index contributed by atoms with van der Waals surface area (Å²) in [7, 11) is 0. The number of aliphatic hydroxyl groups is 1. The minimum Gasteiger partial charge on any atom is -0.454 e. The van der Waals surface area contributed by atoms with Crippen LogP contribution in [-0.4, -0.2) is 69.5 Å². The summed E-state index contributed by atoms with van der Waals surface area (Å²) >= 11 is 0. The van der Waals surface area contributed by atoms with Crippen molar-refractivity contribution in [1.29, 1.82) is 0 Å². The molecule has 1 aromatic rings. The van der Waals surface area contributed by atoms with Crippen molar-refractivity contribution in [3.8, 4) is 0 Å². The number of hydrogen-bond donors (Lipinski definition) is 3. The van der Waals surface area contributed by atoms with E-state index in [1.165, 1.54) is 12.1 Å². The van der Waals surface area contributed by atoms with Crippen LogP contribution < -0.4 is 0 Å². The Labute approximate surface area is 255 Å². The molecule has 238 valence electrons. The van der Waals surface area contributed by atoms with Gasteiger partial charge >= 0.3 is 12.1 Å².